The minimum absolute atomic E-state index is 0. The molecule has 0 amide bonds. The van der Waals surface area contributed by atoms with Crippen LogP contribution in [-0.2, 0) is 44.6 Å². The average molecular weight is 268 g/mol. The zero-order chi connectivity index (χ0) is 12.8. The van der Waals surface area contributed by atoms with Crippen LogP contribution in [0.4, 0.5) is 0 Å². The maximum atomic E-state index is 7.50. The third-order valence-corrected chi connectivity index (χ3v) is 2.26. The average Bonchev–Trinajstić information content (AvgIpc) is 2.45. The second-order valence-electron chi connectivity index (χ2n) is 2.98. The van der Waals surface area contributed by atoms with Gasteiger partial charge in [0, 0.05) is 17.4 Å². The Bertz CT molecular complexity index is 249. The van der Waals surface area contributed by atoms with Crippen molar-refractivity contribution in [1.82, 2.24) is 0 Å². The number of hydrogen-bond donors (Lipinski definition) is 0. The van der Waals surface area contributed by atoms with Gasteiger partial charge in [-0.1, -0.05) is 24.3 Å². The van der Waals surface area contributed by atoms with Crippen LogP contribution in [0.2, 0.25) is 0 Å². The van der Waals surface area contributed by atoms with E-state index in [4.69, 9.17) is 14.4 Å². The van der Waals surface area contributed by atoms with Crippen molar-refractivity contribution in [2.24, 2.45) is 0 Å². The summed E-state index contributed by atoms with van der Waals surface area (Å²) in [6, 6.07) is 8.80. The summed E-state index contributed by atoms with van der Waals surface area (Å²) >= 11 is 0. The van der Waals surface area contributed by atoms with Gasteiger partial charge in [0.05, 0.1) is 0 Å². The Morgan fingerprint density at radius 1 is 0.706 bits per heavy atom. The number of carbonyl (C=O) groups excluding carboxylic acids is 3. The first-order valence-electron chi connectivity index (χ1n) is 4.65. The second-order valence-corrected chi connectivity index (χ2v) is 2.98. The Morgan fingerprint density at radius 2 is 1.00 bits per heavy atom. The fourth-order valence-corrected chi connectivity index (χ4v) is 1.68. The molecule has 17 heavy (non-hydrogen) atoms. The summed E-state index contributed by atoms with van der Waals surface area (Å²) in [5, 5.41) is 0. The summed E-state index contributed by atoms with van der Waals surface area (Å²) in [5.74, 6) is 0. The molecular formula is C13H12CrO3. The topological polar surface area (TPSA) is 51.2 Å². The number of fused-ring (bicyclic) bond motifs is 1. The van der Waals surface area contributed by atoms with Crippen LogP contribution in [0.25, 0.3) is 0 Å². The van der Waals surface area contributed by atoms with E-state index in [1.807, 2.05) is 0 Å². The first-order valence-corrected chi connectivity index (χ1v) is 4.65. The molecule has 4 heteroatoms. The van der Waals surface area contributed by atoms with Crippen LogP contribution in [0.15, 0.2) is 24.3 Å². The summed E-state index contributed by atoms with van der Waals surface area (Å²) in [7, 11) is 0. The van der Waals surface area contributed by atoms with Gasteiger partial charge < -0.3 is 0 Å². The predicted molar refractivity (Wildman–Crippen MR) is 60.2 cm³/mol. The van der Waals surface area contributed by atoms with Gasteiger partial charge in [0.25, 0.3) is 20.4 Å². The molecule has 0 aliphatic heterocycles. The summed E-state index contributed by atoms with van der Waals surface area (Å²) in [4.78, 5) is 22.5. The van der Waals surface area contributed by atoms with Gasteiger partial charge in [-0.15, -0.1) is 0 Å². The van der Waals surface area contributed by atoms with E-state index in [1.54, 1.807) is 11.1 Å². The Hall–Kier alpha value is -1.24. The zero-order valence-corrected chi connectivity index (χ0v) is 10.5. The van der Waals surface area contributed by atoms with E-state index < -0.39 is 0 Å². The van der Waals surface area contributed by atoms with Gasteiger partial charge in [-0.3, -0.25) is 14.4 Å². The van der Waals surface area contributed by atoms with E-state index in [0.29, 0.717) is 0 Å². The molecule has 0 fully saturated rings. The molecule has 0 saturated carbocycles. The maximum Gasteiger partial charge on any atom is 0.281 e. The van der Waals surface area contributed by atoms with E-state index in [2.05, 4.69) is 44.6 Å². The summed E-state index contributed by atoms with van der Waals surface area (Å²) in [5.41, 5.74) is 3.16. The minimum Gasteiger partial charge on any atom is -0.281 e. The fraction of sp³-hybridized carbons (Fsp3) is 0.308. The minimum atomic E-state index is 0. The number of rotatable bonds is 0. The van der Waals surface area contributed by atoms with Gasteiger partial charge >= 0.3 is 0 Å². The van der Waals surface area contributed by atoms with E-state index in [-0.39, 0.29) is 17.4 Å². The van der Waals surface area contributed by atoms with Crippen LogP contribution >= 0.6 is 0 Å². The molecule has 88 valence electrons. The summed E-state index contributed by atoms with van der Waals surface area (Å²) in [6.45, 7) is 13.5. The molecule has 1 aliphatic carbocycles. The molecule has 0 N–H and O–H groups in total. The monoisotopic (exact) mass is 268 g/mol. The molecule has 0 spiro atoms. The Morgan fingerprint density at radius 3 is 1.29 bits per heavy atom. The quantitative estimate of drug-likeness (QED) is 0.714. The van der Waals surface area contributed by atoms with Crippen LogP contribution in [-0.4, -0.2) is 20.4 Å². The van der Waals surface area contributed by atoms with Gasteiger partial charge in [-0.2, -0.15) is 0 Å². The first kappa shape index (κ1) is 21.1. The molecule has 1 aliphatic rings. The van der Waals surface area contributed by atoms with E-state index >= 15 is 0 Å². The van der Waals surface area contributed by atoms with Crippen LogP contribution in [0.3, 0.4) is 0 Å². The standard InChI is InChI=1S/C10H12.3CO.Cr/c1-2-6-10-8-4-3-7-9(10)5-1;3*1-2;/h1-2,5-6H,3-4,7-8H2;;;;. The Balaban J connectivity index is -0.000000248. The summed E-state index contributed by atoms with van der Waals surface area (Å²) in [6.07, 6.45) is 5.38. The van der Waals surface area contributed by atoms with Gasteiger partial charge in [0.2, 0.25) is 0 Å². The van der Waals surface area contributed by atoms with Gasteiger partial charge in [-0.05, 0) is 36.8 Å². The molecule has 0 heterocycles. The number of benzene rings is 1. The van der Waals surface area contributed by atoms with Crippen molar-refractivity contribution in [3.05, 3.63) is 35.4 Å². The Labute approximate surface area is 113 Å². The van der Waals surface area contributed by atoms with Crippen molar-refractivity contribution in [3.8, 4) is 0 Å². The molecule has 3 nitrogen and oxygen atoms in total. The van der Waals surface area contributed by atoms with Crippen molar-refractivity contribution in [3.63, 3.8) is 0 Å². The first-order chi connectivity index (χ1) is 7.97. The maximum absolute atomic E-state index is 7.50. The molecule has 0 aromatic heterocycles. The van der Waals surface area contributed by atoms with Crippen molar-refractivity contribution in [1.29, 1.82) is 0 Å². The van der Waals surface area contributed by atoms with E-state index in [0.717, 1.165) is 0 Å². The normalized spacial score (nSPS) is 10.4. The fourth-order valence-electron chi connectivity index (χ4n) is 1.68. The molecule has 0 atom stereocenters. The van der Waals surface area contributed by atoms with Gasteiger partial charge in [0.15, 0.2) is 0 Å². The van der Waals surface area contributed by atoms with Crippen molar-refractivity contribution in [2.45, 2.75) is 25.7 Å². The molecule has 1 aromatic rings. The molecular weight excluding hydrogens is 256 g/mol. The smallest absolute Gasteiger partial charge is 0.281 e. The van der Waals surface area contributed by atoms with Crippen molar-refractivity contribution in [2.75, 3.05) is 0 Å². The molecule has 0 saturated heterocycles. The van der Waals surface area contributed by atoms with Crippen molar-refractivity contribution < 1.29 is 31.7 Å². The van der Waals surface area contributed by atoms with E-state index in [1.165, 1.54) is 25.7 Å². The van der Waals surface area contributed by atoms with Crippen LogP contribution < -0.4 is 0 Å². The Kier molecular flexibility index (Phi) is 21.3. The van der Waals surface area contributed by atoms with Crippen LogP contribution in [0, 0.1) is 0 Å². The van der Waals surface area contributed by atoms with Crippen LogP contribution in [0.5, 0.6) is 0 Å². The number of hydrogen-bond acceptors (Lipinski definition) is 3. The number of aryl methyl sites for hydroxylation is 2. The molecule has 6 radical (unpaired) electrons. The predicted octanol–water partition coefficient (Wildman–Crippen LogP) is 1.37. The molecule has 0 bridgehead atoms. The van der Waals surface area contributed by atoms with Crippen LogP contribution in [0.1, 0.15) is 24.0 Å². The molecule has 1 aromatic carbocycles. The van der Waals surface area contributed by atoms with Gasteiger partial charge in [-0.25, -0.2) is 0 Å². The summed E-state index contributed by atoms with van der Waals surface area (Å²) < 4.78 is 0. The van der Waals surface area contributed by atoms with E-state index in [9.17, 15) is 0 Å². The zero-order valence-electron chi connectivity index (χ0n) is 9.27. The SMILES string of the molecule is [C]=O.[C]=O.[C]=O.[Cr].c1ccc2c(c1)CCCC2. The third kappa shape index (κ3) is 8.56. The third-order valence-electron chi connectivity index (χ3n) is 2.26. The molecule has 0 unspecified atom stereocenters. The van der Waals surface area contributed by atoms with Crippen molar-refractivity contribution >= 4 is 20.4 Å². The second kappa shape index (κ2) is 17.2. The van der Waals surface area contributed by atoms with Gasteiger partial charge in [0.1, 0.15) is 0 Å². The largest absolute Gasteiger partial charge is 0.281 e. The molecule has 2 rings (SSSR count).